The zero-order valence-electron chi connectivity index (χ0n) is 13.6. The van der Waals surface area contributed by atoms with E-state index in [0.29, 0.717) is 6.04 Å². The highest BCUT2D eigenvalue weighted by Crippen LogP contribution is 2.24. The molecule has 5 nitrogen and oxygen atoms in total. The highest BCUT2D eigenvalue weighted by Gasteiger charge is 2.36. The van der Waals surface area contributed by atoms with Crippen LogP contribution in [-0.2, 0) is 4.79 Å². The quantitative estimate of drug-likeness (QED) is 0.585. The van der Waals surface area contributed by atoms with Gasteiger partial charge in [-0.25, -0.2) is 0 Å². The molecule has 0 spiro atoms. The maximum Gasteiger partial charge on any atom is 0.237 e. The molecule has 0 aromatic rings. The maximum absolute atomic E-state index is 11.6. The van der Waals surface area contributed by atoms with Crippen molar-refractivity contribution in [3.05, 3.63) is 0 Å². The lowest BCUT2D eigenvalue weighted by molar-refractivity contribution is -0.124. The Bertz CT molecular complexity index is 304. The van der Waals surface area contributed by atoms with Gasteiger partial charge in [-0.05, 0) is 79.8 Å². The standard InChI is InChI=1S/C15H32N4O/c1-15(14(16)20,17-13-7-8-13)9-5-11-19(4)12-6-10-18(2)3/h13,17H,5-12H2,1-4H3,(H2,16,20). The van der Waals surface area contributed by atoms with Gasteiger partial charge in [-0.1, -0.05) is 0 Å². The summed E-state index contributed by atoms with van der Waals surface area (Å²) < 4.78 is 0. The molecular formula is C15H32N4O. The molecule has 20 heavy (non-hydrogen) atoms. The first-order valence-electron chi connectivity index (χ1n) is 7.74. The minimum atomic E-state index is -0.536. The largest absolute Gasteiger partial charge is 0.368 e. The summed E-state index contributed by atoms with van der Waals surface area (Å²) in [5.41, 5.74) is 5.02. The molecule has 0 aliphatic heterocycles. The van der Waals surface area contributed by atoms with Crippen molar-refractivity contribution in [1.29, 1.82) is 0 Å². The summed E-state index contributed by atoms with van der Waals surface area (Å²) in [5.74, 6) is -0.223. The fraction of sp³-hybridized carbons (Fsp3) is 0.933. The second-order valence-corrected chi connectivity index (χ2v) is 6.68. The van der Waals surface area contributed by atoms with Gasteiger partial charge in [0.2, 0.25) is 5.91 Å². The van der Waals surface area contributed by atoms with Gasteiger partial charge in [0, 0.05) is 6.04 Å². The minimum Gasteiger partial charge on any atom is -0.368 e. The van der Waals surface area contributed by atoms with Gasteiger partial charge in [0.05, 0.1) is 5.54 Å². The first-order chi connectivity index (χ1) is 9.33. The first-order valence-corrected chi connectivity index (χ1v) is 7.74. The molecule has 1 fully saturated rings. The summed E-state index contributed by atoms with van der Waals surface area (Å²) in [6.07, 6.45) is 5.34. The molecular weight excluding hydrogens is 252 g/mol. The molecule has 1 unspecified atom stereocenters. The van der Waals surface area contributed by atoms with E-state index < -0.39 is 5.54 Å². The van der Waals surface area contributed by atoms with E-state index in [0.717, 1.165) is 32.5 Å². The van der Waals surface area contributed by atoms with E-state index in [1.165, 1.54) is 19.3 Å². The Hall–Kier alpha value is -0.650. The van der Waals surface area contributed by atoms with Crippen LogP contribution in [0.2, 0.25) is 0 Å². The second-order valence-electron chi connectivity index (χ2n) is 6.68. The predicted octanol–water partition coefficient (Wildman–Crippen LogP) is 0.646. The van der Waals surface area contributed by atoms with E-state index in [9.17, 15) is 4.79 Å². The van der Waals surface area contributed by atoms with Crippen LogP contribution in [0.1, 0.15) is 39.0 Å². The Morgan fingerprint density at radius 2 is 1.80 bits per heavy atom. The third-order valence-corrected chi connectivity index (χ3v) is 4.01. The Kier molecular flexibility index (Phi) is 6.92. The van der Waals surface area contributed by atoms with Gasteiger partial charge in [-0.3, -0.25) is 4.79 Å². The number of rotatable bonds is 11. The van der Waals surface area contributed by atoms with E-state index in [1.807, 2.05) is 6.92 Å². The molecule has 0 aromatic heterocycles. The van der Waals surface area contributed by atoms with Crippen molar-refractivity contribution in [3.63, 3.8) is 0 Å². The van der Waals surface area contributed by atoms with Crippen molar-refractivity contribution >= 4 is 5.91 Å². The summed E-state index contributed by atoms with van der Waals surface area (Å²) in [6.45, 7) is 5.18. The lowest BCUT2D eigenvalue weighted by atomic mass is 9.94. The zero-order chi connectivity index (χ0) is 15.2. The molecule has 5 heteroatoms. The van der Waals surface area contributed by atoms with Gasteiger partial charge in [-0.15, -0.1) is 0 Å². The molecule has 1 aliphatic rings. The van der Waals surface area contributed by atoms with Gasteiger partial charge in [0.25, 0.3) is 0 Å². The summed E-state index contributed by atoms with van der Waals surface area (Å²) in [4.78, 5) is 16.2. The molecule has 1 aliphatic carbocycles. The Morgan fingerprint density at radius 3 is 2.30 bits per heavy atom. The zero-order valence-corrected chi connectivity index (χ0v) is 13.6. The van der Waals surface area contributed by atoms with Crippen LogP contribution in [0.4, 0.5) is 0 Å². The number of nitrogens with one attached hydrogen (secondary N) is 1. The average molecular weight is 284 g/mol. The predicted molar refractivity (Wildman–Crippen MR) is 83.7 cm³/mol. The van der Waals surface area contributed by atoms with Gasteiger partial charge < -0.3 is 20.9 Å². The van der Waals surface area contributed by atoms with Crippen molar-refractivity contribution in [3.8, 4) is 0 Å². The number of primary amides is 1. The third kappa shape index (κ3) is 6.68. The number of nitrogens with zero attached hydrogens (tertiary/aromatic N) is 2. The number of hydrogen-bond donors (Lipinski definition) is 2. The summed E-state index contributed by atoms with van der Waals surface area (Å²) >= 11 is 0. The van der Waals surface area contributed by atoms with Gasteiger partial charge >= 0.3 is 0 Å². The van der Waals surface area contributed by atoms with E-state index in [-0.39, 0.29) is 5.91 Å². The van der Waals surface area contributed by atoms with Crippen LogP contribution in [0.15, 0.2) is 0 Å². The Labute approximate surface area is 123 Å². The van der Waals surface area contributed by atoms with Crippen molar-refractivity contribution in [2.45, 2.75) is 50.6 Å². The van der Waals surface area contributed by atoms with Crippen LogP contribution in [-0.4, -0.2) is 68.1 Å². The van der Waals surface area contributed by atoms with Crippen LogP contribution in [0.3, 0.4) is 0 Å². The normalized spacial score (nSPS) is 18.5. The lowest BCUT2D eigenvalue weighted by Crippen LogP contribution is -2.54. The second kappa shape index (κ2) is 7.96. The van der Waals surface area contributed by atoms with E-state index in [4.69, 9.17) is 5.73 Å². The number of carbonyl (C=O) groups excluding carboxylic acids is 1. The Morgan fingerprint density at radius 1 is 1.20 bits per heavy atom. The molecule has 118 valence electrons. The monoisotopic (exact) mass is 284 g/mol. The van der Waals surface area contributed by atoms with Crippen molar-refractivity contribution in [2.75, 3.05) is 40.8 Å². The van der Waals surface area contributed by atoms with Gasteiger partial charge in [0.15, 0.2) is 0 Å². The number of amides is 1. The summed E-state index contributed by atoms with van der Waals surface area (Å²) in [5, 5.41) is 3.40. The summed E-state index contributed by atoms with van der Waals surface area (Å²) in [6, 6.07) is 0.505. The molecule has 0 aromatic carbocycles. The molecule has 0 radical (unpaired) electrons. The van der Waals surface area contributed by atoms with Crippen LogP contribution in [0, 0.1) is 0 Å². The van der Waals surface area contributed by atoms with Crippen molar-refractivity contribution < 1.29 is 4.79 Å². The lowest BCUT2D eigenvalue weighted by Gasteiger charge is -2.28. The number of hydrogen-bond acceptors (Lipinski definition) is 4. The van der Waals surface area contributed by atoms with Crippen LogP contribution >= 0.6 is 0 Å². The molecule has 1 saturated carbocycles. The minimum absolute atomic E-state index is 0.223. The van der Waals surface area contributed by atoms with Crippen LogP contribution in [0.5, 0.6) is 0 Å². The van der Waals surface area contributed by atoms with Crippen molar-refractivity contribution in [1.82, 2.24) is 15.1 Å². The van der Waals surface area contributed by atoms with Crippen LogP contribution in [0.25, 0.3) is 0 Å². The fourth-order valence-electron chi connectivity index (χ4n) is 2.42. The molecule has 3 N–H and O–H groups in total. The SMILES string of the molecule is CN(C)CCCN(C)CCCC(C)(NC1CC1)C(N)=O. The maximum atomic E-state index is 11.6. The third-order valence-electron chi connectivity index (χ3n) is 4.01. The van der Waals surface area contributed by atoms with E-state index >= 15 is 0 Å². The Balaban J connectivity index is 2.20. The van der Waals surface area contributed by atoms with Gasteiger partial charge in [0.1, 0.15) is 0 Å². The van der Waals surface area contributed by atoms with Gasteiger partial charge in [-0.2, -0.15) is 0 Å². The number of carbonyl (C=O) groups is 1. The molecule has 1 amide bonds. The average Bonchev–Trinajstić information content (AvgIpc) is 3.12. The molecule has 0 saturated heterocycles. The molecule has 1 rings (SSSR count). The molecule has 0 heterocycles. The first kappa shape index (κ1) is 17.4. The highest BCUT2D eigenvalue weighted by molar-refractivity contribution is 5.84. The molecule has 0 bridgehead atoms. The highest BCUT2D eigenvalue weighted by atomic mass is 16.1. The van der Waals surface area contributed by atoms with E-state index in [2.05, 4.69) is 36.3 Å². The number of nitrogens with two attached hydrogens (primary N) is 1. The summed E-state index contributed by atoms with van der Waals surface area (Å²) in [7, 11) is 6.34. The van der Waals surface area contributed by atoms with Crippen LogP contribution < -0.4 is 11.1 Å². The topological polar surface area (TPSA) is 61.6 Å². The smallest absolute Gasteiger partial charge is 0.237 e. The fourth-order valence-corrected chi connectivity index (χ4v) is 2.42. The molecule has 1 atom stereocenters. The van der Waals surface area contributed by atoms with E-state index in [1.54, 1.807) is 0 Å². The van der Waals surface area contributed by atoms with Crippen molar-refractivity contribution in [2.24, 2.45) is 5.73 Å².